The smallest absolute Gasteiger partial charge is 0.323 e. The molecule has 1 atom stereocenters. The van der Waals surface area contributed by atoms with Gasteiger partial charge in [0.15, 0.2) is 0 Å². The van der Waals surface area contributed by atoms with Gasteiger partial charge in [-0.2, -0.15) is 0 Å². The number of hydrogen-bond acceptors (Lipinski definition) is 2. The van der Waals surface area contributed by atoms with Crippen LogP contribution in [0, 0.1) is 5.82 Å². The molecular weight excluding hydrogens is 257 g/mol. The second-order valence-electron chi connectivity index (χ2n) is 4.50. The zero-order valence-electron chi connectivity index (χ0n) is 11.1. The Bertz CT molecular complexity index is 596. The molecule has 0 aliphatic heterocycles. The molecule has 0 aliphatic carbocycles. The summed E-state index contributed by atoms with van der Waals surface area (Å²) in [6, 6.07) is 12.5. The number of halogens is 1. The third-order valence-corrected chi connectivity index (χ3v) is 2.78. The Morgan fingerprint density at radius 2 is 1.75 bits per heavy atom. The lowest BCUT2D eigenvalue weighted by Crippen LogP contribution is -2.19. The molecule has 2 rings (SSSR count). The van der Waals surface area contributed by atoms with Crippen LogP contribution >= 0.6 is 0 Å². The monoisotopic (exact) mass is 273 g/mol. The van der Waals surface area contributed by atoms with Gasteiger partial charge in [0.2, 0.25) is 0 Å². The van der Waals surface area contributed by atoms with Crippen molar-refractivity contribution in [1.29, 1.82) is 0 Å². The molecule has 1 unspecified atom stereocenters. The van der Waals surface area contributed by atoms with E-state index < -0.39 is 11.8 Å². The minimum Gasteiger partial charge on any atom is -0.324 e. The highest BCUT2D eigenvalue weighted by atomic mass is 19.1. The number of nitrogens with two attached hydrogens (primary N) is 1. The lowest BCUT2D eigenvalue weighted by Gasteiger charge is -2.09. The predicted octanol–water partition coefficient (Wildman–Crippen LogP) is 3.49. The van der Waals surface area contributed by atoms with Crippen molar-refractivity contribution in [3.8, 4) is 0 Å². The lowest BCUT2D eigenvalue weighted by molar-refractivity contribution is 0.262. The maximum Gasteiger partial charge on any atom is 0.323 e. The van der Waals surface area contributed by atoms with Gasteiger partial charge in [0.25, 0.3) is 0 Å². The largest absolute Gasteiger partial charge is 0.324 e. The molecule has 5 heteroatoms. The molecule has 20 heavy (non-hydrogen) atoms. The van der Waals surface area contributed by atoms with E-state index in [1.54, 1.807) is 18.2 Å². The molecule has 0 aromatic heterocycles. The minimum atomic E-state index is -0.427. The first-order chi connectivity index (χ1) is 9.54. The number of anilines is 2. The van der Waals surface area contributed by atoms with E-state index in [0.29, 0.717) is 11.4 Å². The van der Waals surface area contributed by atoms with E-state index in [4.69, 9.17) is 5.73 Å². The van der Waals surface area contributed by atoms with Crippen molar-refractivity contribution in [2.24, 2.45) is 5.73 Å². The number of carbonyl (C=O) groups excluding carboxylic acids is 1. The highest BCUT2D eigenvalue weighted by molar-refractivity contribution is 5.99. The molecule has 0 aliphatic rings. The highest BCUT2D eigenvalue weighted by Crippen LogP contribution is 2.15. The van der Waals surface area contributed by atoms with Gasteiger partial charge in [-0.1, -0.05) is 18.2 Å². The van der Waals surface area contributed by atoms with E-state index >= 15 is 0 Å². The summed E-state index contributed by atoms with van der Waals surface area (Å²) in [4.78, 5) is 11.7. The van der Waals surface area contributed by atoms with Crippen LogP contribution in [0.2, 0.25) is 0 Å². The Kier molecular flexibility index (Phi) is 4.32. The fraction of sp³-hybridized carbons (Fsp3) is 0.133. The van der Waals surface area contributed by atoms with Crippen molar-refractivity contribution < 1.29 is 9.18 Å². The van der Waals surface area contributed by atoms with Crippen LogP contribution in [-0.2, 0) is 0 Å². The zero-order valence-corrected chi connectivity index (χ0v) is 11.1. The van der Waals surface area contributed by atoms with Crippen LogP contribution in [0.25, 0.3) is 0 Å². The molecule has 0 fully saturated rings. The third-order valence-electron chi connectivity index (χ3n) is 2.78. The van der Waals surface area contributed by atoms with Gasteiger partial charge in [-0.25, -0.2) is 9.18 Å². The van der Waals surface area contributed by atoms with Crippen LogP contribution in [0.1, 0.15) is 18.5 Å². The van der Waals surface area contributed by atoms with Gasteiger partial charge < -0.3 is 16.4 Å². The van der Waals surface area contributed by atoms with Crippen LogP contribution < -0.4 is 16.4 Å². The summed E-state index contributed by atoms with van der Waals surface area (Å²) < 4.78 is 13.0. The summed E-state index contributed by atoms with van der Waals surface area (Å²) in [5.41, 5.74) is 7.77. The maximum atomic E-state index is 13.0. The van der Waals surface area contributed by atoms with Crippen molar-refractivity contribution >= 4 is 17.4 Å². The van der Waals surface area contributed by atoms with Crippen molar-refractivity contribution in [2.75, 3.05) is 10.6 Å². The summed E-state index contributed by atoms with van der Waals surface area (Å²) in [5, 5.41) is 5.22. The summed E-state index contributed by atoms with van der Waals surface area (Å²) in [6.45, 7) is 1.89. The van der Waals surface area contributed by atoms with Crippen LogP contribution in [0.5, 0.6) is 0 Å². The Morgan fingerprint density at radius 1 is 1.10 bits per heavy atom. The molecule has 0 heterocycles. The normalized spacial score (nSPS) is 11.8. The summed E-state index contributed by atoms with van der Waals surface area (Å²) in [6.07, 6.45) is 0. The fourth-order valence-corrected chi connectivity index (χ4v) is 1.73. The first-order valence-corrected chi connectivity index (χ1v) is 6.24. The van der Waals surface area contributed by atoms with Crippen LogP contribution in [0.4, 0.5) is 20.6 Å². The molecule has 0 spiro atoms. The van der Waals surface area contributed by atoms with Crippen molar-refractivity contribution in [2.45, 2.75) is 13.0 Å². The van der Waals surface area contributed by atoms with Gasteiger partial charge in [-0.05, 0) is 42.8 Å². The zero-order chi connectivity index (χ0) is 14.5. The first kappa shape index (κ1) is 14.0. The maximum absolute atomic E-state index is 13.0. The molecule has 2 aromatic carbocycles. The molecule has 0 saturated carbocycles. The standard InChI is InChI=1S/C15H16FN3O/c1-10(17)11-5-7-13(8-6-11)18-15(20)19-14-4-2-3-12(16)9-14/h2-10H,17H2,1H3,(H2,18,19,20). The predicted molar refractivity (Wildman–Crippen MR) is 78.1 cm³/mol. The van der Waals surface area contributed by atoms with Gasteiger partial charge in [0, 0.05) is 17.4 Å². The quantitative estimate of drug-likeness (QED) is 0.801. The van der Waals surface area contributed by atoms with E-state index in [1.165, 1.54) is 18.2 Å². The molecule has 0 saturated heterocycles. The van der Waals surface area contributed by atoms with Crippen molar-refractivity contribution in [3.63, 3.8) is 0 Å². The molecule has 4 N–H and O–H groups in total. The molecule has 4 nitrogen and oxygen atoms in total. The molecule has 0 radical (unpaired) electrons. The summed E-state index contributed by atoms with van der Waals surface area (Å²) >= 11 is 0. The summed E-state index contributed by atoms with van der Waals surface area (Å²) in [5.74, 6) is -0.399. The number of urea groups is 1. The highest BCUT2D eigenvalue weighted by Gasteiger charge is 2.04. The number of hydrogen-bond donors (Lipinski definition) is 3. The molecule has 0 bridgehead atoms. The number of amides is 2. The average Bonchev–Trinajstić information content (AvgIpc) is 2.39. The van der Waals surface area contributed by atoms with Gasteiger partial charge in [-0.3, -0.25) is 0 Å². The number of benzene rings is 2. The lowest BCUT2D eigenvalue weighted by atomic mass is 10.1. The van der Waals surface area contributed by atoms with Crippen LogP contribution in [0.15, 0.2) is 48.5 Å². The second kappa shape index (κ2) is 6.16. The SMILES string of the molecule is CC(N)c1ccc(NC(=O)Nc2cccc(F)c2)cc1. The Balaban J connectivity index is 1.97. The van der Waals surface area contributed by atoms with Crippen LogP contribution in [-0.4, -0.2) is 6.03 Å². The fourth-order valence-electron chi connectivity index (χ4n) is 1.73. The second-order valence-corrected chi connectivity index (χ2v) is 4.50. The Hall–Kier alpha value is -2.40. The molecular formula is C15H16FN3O. The van der Waals surface area contributed by atoms with Crippen molar-refractivity contribution in [1.82, 2.24) is 0 Å². The van der Waals surface area contributed by atoms with Gasteiger partial charge in [0.05, 0.1) is 0 Å². The summed E-state index contributed by atoms with van der Waals surface area (Å²) in [7, 11) is 0. The van der Waals surface area contributed by atoms with E-state index in [-0.39, 0.29) is 6.04 Å². The average molecular weight is 273 g/mol. The minimum absolute atomic E-state index is 0.0508. The van der Waals surface area contributed by atoms with E-state index in [2.05, 4.69) is 10.6 Å². The topological polar surface area (TPSA) is 67.1 Å². The Morgan fingerprint density at radius 3 is 2.35 bits per heavy atom. The first-order valence-electron chi connectivity index (χ1n) is 6.24. The van der Waals surface area contributed by atoms with Crippen LogP contribution in [0.3, 0.4) is 0 Å². The number of rotatable bonds is 3. The van der Waals surface area contributed by atoms with Gasteiger partial charge >= 0.3 is 6.03 Å². The Labute approximate surface area is 116 Å². The molecule has 2 aromatic rings. The van der Waals surface area contributed by atoms with Gasteiger partial charge in [-0.15, -0.1) is 0 Å². The van der Waals surface area contributed by atoms with Crippen molar-refractivity contribution in [3.05, 3.63) is 59.9 Å². The number of carbonyl (C=O) groups is 1. The van der Waals surface area contributed by atoms with E-state index in [1.807, 2.05) is 19.1 Å². The molecule has 2 amide bonds. The third kappa shape index (κ3) is 3.80. The number of nitrogens with one attached hydrogen (secondary N) is 2. The van der Waals surface area contributed by atoms with E-state index in [9.17, 15) is 9.18 Å². The molecule has 104 valence electrons. The van der Waals surface area contributed by atoms with Gasteiger partial charge in [0.1, 0.15) is 5.82 Å². The van der Waals surface area contributed by atoms with E-state index in [0.717, 1.165) is 5.56 Å².